The van der Waals surface area contributed by atoms with Crippen molar-refractivity contribution >= 4 is 0 Å². The molecule has 0 aliphatic heterocycles. The van der Waals surface area contributed by atoms with Crippen LogP contribution in [0.15, 0.2) is 24.3 Å². The van der Waals surface area contributed by atoms with Gasteiger partial charge in [0.2, 0.25) is 0 Å². The predicted molar refractivity (Wildman–Crippen MR) is 63.9 cm³/mol. The first-order valence-electron chi connectivity index (χ1n) is 5.39. The first kappa shape index (κ1) is 12.2. The zero-order chi connectivity index (χ0) is 11.5. The van der Waals surface area contributed by atoms with Gasteiger partial charge in [0.25, 0.3) is 0 Å². The van der Waals surface area contributed by atoms with Crippen LogP contribution in [0.25, 0.3) is 0 Å². The molecular formula is C13H21NO. The van der Waals surface area contributed by atoms with Crippen molar-refractivity contribution in [2.45, 2.75) is 39.3 Å². The van der Waals surface area contributed by atoms with Crippen LogP contribution in [-0.4, -0.2) is 17.2 Å². The Morgan fingerprint density at radius 3 is 2.40 bits per heavy atom. The zero-order valence-corrected chi connectivity index (χ0v) is 10.0. The molecule has 0 spiro atoms. The summed E-state index contributed by atoms with van der Waals surface area (Å²) < 4.78 is 0. The van der Waals surface area contributed by atoms with Crippen LogP contribution in [0.5, 0.6) is 0 Å². The summed E-state index contributed by atoms with van der Waals surface area (Å²) in [5.74, 6) is 0. The van der Waals surface area contributed by atoms with Crippen molar-refractivity contribution in [2.75, 3.05) is 6.54 Å². The van der Waals surface area contributed by atoms with Crippen LogP contribution in [-0.2, 0) is 0 Å². The highest BCUT2D eigenvalue weighted by Crippen LogP contribution is 2.17. The molecule has 1 aromatic carbocycles. The minimum atomic E-state index is -0.426. The van der Waals surface area contributed by atoms with E-state index in [-0.39, 0.29) is 5.54 Å². The van der Waals surface area contributed by atoms with Gasteiger partial charge in [0, 0.05) is 12.1 Å². The number of rotatable bonds is 3. The van der Waals surface area contributed by atoms with E-state index in [4.69, 9.17) is 0 Å². The van der Waals surface area contributed by atoms with E-state index in [0.717, 1.165) is 11.1 Å². The van der Waals surface area contributed by atoms with Crippen LogP contribution in [0.1, 0.15) is 38.0 Å². The third-order valence-electron chi connectivity index (χ3n) is 2.37. The molecule has 1 unspecified atom stereocenters. The maximum atomic E-state index is 10.0. The van der Waals surface area contributed by atoms with Gasteiger partial charge in [-0.2, -0.15) is 0 Å². The number of aliphatic hydroxyl groups excluding tert-OH is 1. The molecule has 0 fully saturated rings. The fraction of sp³-hybridized carbons (Fsp3) is 0.538. The fourth-order valence-electron chi connectivity index (χ4n) is 1.47. The van der Waals surface area contributed by atoms with E-state index in [1.54, 1.807) is 0 Å². The lowest BCUT2D eigenvalue weighted by Gasteiger charge is -2.23. The van der Waals surface area contributed by atoms with Crippen LogP contribution in [0.4, 0.5) is 0 Å². The van der Waals surface area contributed by atoms with Crippen LogP contribution >= 0.6 is 0 Å². The Morgan fingerprint density at radius 2 is 1.87 bits per heavy atom. The highest BCUT2D eigenvalue weighted by atomic mass is 16.3. The molecule has 2 nitrogen and oxygen atoms in total. The summed E-state index contributed by atoms with van der Waals surface area (Å²) in [6.45, 7) is 8.90. The van der Waals surface area contributed by atoms with E-state index in [2.05, 4.69) is 26.1 Å². The molecule has 0 heterocycles. The summed E-state index contributed by atoms with van der Waals surface area (Å²) in [6, 6.07) is 7.95. The van der Waals surface area contributed by atoms with Gasteiger partial charge >= 0.3 is 0 Å². The molecule has 0 aromatic heterocycles. The summed E-state index contributed by atoms with van der Waals surface area (Å²) in [7, 11) is 0. The molecule has 1 atom stereocenters. The standard InChI is InChI=1S/C13H21NO/c1-10-7-5-6-8-11(10)12(15)9-14-13(2,3)4/h5-8,12,14-15H,9H2,1-4H3. The van der Waals surface area contributed by atoms with Crippen molar-refractivity contribution in [3.63, 3.8) is 0 Å². The Kier molecular flexibility index (Phi) is 3.89. The van der Waals surface area contributed by atoms with Gasteiger partial charge in [-0.15, -0.1) is 0 Å². The summed E-state index contributed by atoms with van der Waals surface area (Å²) in [5, 5.41) is 13.3. The number of nitrogens with one attached hydrogen (secondary N) is 1. The normalized spacial score (nSPS) is 13.9. The maximum absolute atomic E-state index is 10.0. The van der Waals surface area contributed by atoms with E-state index in [1.807, 2.05) is 31.2 Å². The molecule has 0 saturated heterocycles. The monoisotopic (exact) mass is 207 g/mol. The highest BCUT2D eigenvalue weighted by Gasteiger charge is 2.14. The molecular weight excluding hydrogens is 186 g/mol. The van der Waals surface area contributed by atoms with Crippen molar-refractivity contribution in [3.8, 4) is 0 Å². The van der Waals surface area contributed by atoms with Crippen molar-refractivity contribution < 1.29 is 5.11 Å². The number of hydrogen-bond acceptors (Lipinski definition) is 2. The van der Waals surface area contributed by atoms with E-state index in [0.29, 0.717) is 6.54 Å². The first-order valence-corrected chi connectivity index (χ1v) is 5.39. The highest BCUT2D eigenvalue weighted by molar-refractivity contribution is 5.27. The zero-order valence-electron chi connectivity index (χ0n) is 10.0. The van der Waals surface area contributed by atoms with Gasteiger partial charge < -0.3 is 10.4 Å². The van der Waals surface area contributed by atoms with Crippen LogP contribution in [0, 0.1) is 6.92 Å². The van der Waals surface area contributed by atoms with Gasteiger partial charge in [-0.25, -0.2) is 0 Å². The lowest BCUT2D eigenvalue weighted by molar-refractivity contribution is 0.162. The summed E-state index contributed by atoms with van der Waals surface area (Å²) >= 11 is 0. The number of benzene rings is 1. The molecule has 0 bridgehead atoms. The van der Waals surface area contributed by atoms with Crippen molar-refractivity contribution in [1.29, 1.82) is 0 Å². The van der Waals surface area contributed by atoms with Gasteiger partial charge in [0.05, 0.1) is 6.10 Å². The largest absolute Gasteiger partial charge is 0.387 e. The second-order valence-electron chi connectivity index (χ2n) is 5.00. The third kappa shape index (κ3) is 4.02. The van der Waals surface area contributed by atoms with Crippen LogP contribution < -0.4 is 5.32 Å². The van der Waals surface area contributed by atoms with Gasteiger partial charge in [-0.1, -0.05) is 24.3 Å². The number of aliphatic hydroxyl groups is 1. The van der Waals surface area contributed by atoms with Crippen molar-refractivity contribution in [2.24, 2.45) is 0 Å². The summed E-state index contributed by atoms with van der Waals surface area (Å²) in [4.78, 5) is 0. The average molecular weight is 207 g/mol. The lowest BCUT2D eigenvalue weighted by Crippen LogP contribution is -2.38. The summed E-state index contributed by atoms with van der Waals surface area (Å²) in [6.07, 6.45) is -0.426. The summed E-state index contributed by atoms with van der Waals surface area (Å²) in [5.41, 5.74) is 2.19. The molecule has 0 aliphatic rings. The molecule has 1 aromatic rings. The smallest absolute Gasteiger partial charge is 0.0917 e. The Labute approximate surface area is 92.3 Å². The van der Waals surface area contributed by atoms with Gasteiger partial charge in [-0.05, 0) is 38.8 Å². The third-order valence-corrected chi connectivity index (χ3v) is 2.37. The number of hydrogen-bond donors (Lipinski definition) is 2. The topological polar surface area (TPSA) is 32.3 Å². The molecule has 0 aliphatic carbocycles. The van der Waals surface area contributed by atoms with Gasteiger partial charge in [-0.3, -0.25) is 0 Å². The quantitative estimate of drug-likeness (QED) is 0.797. The van der Waals surface area contributed by atoms with E-state index in [9.17, 15) is 5.11 Å². The van der Waals surface area contributed by atoms with Crippen LogP contribution in [0.2, 0.25) is 0 Å². The van der Waals surface area contributed by atoms with Crippen molar-refractivity contribution in [1.82, 2.24) is 5.32 Å². The molecule has 1 rings (SSSR count). The fourth-order valence-corrected chi connectivity index (χ4v) is 1.47. The molecule has 2 N–H and O–H groups in total. The second-order valence-corrected chi connectivity index (χ2v) is 5.00. The van der Waals surface area contributed by atoms with E-state index >= 15 is 0 Å². The molecule has 0 radical (unpaired) electrons. The van der Waals surface area contributed by atoms with Gasteiger partial charge in [0.15, 0.2) is 0 Å². The Balaban J connectivity index is 2.62. The molecule has 15 heavy (non-hydrogen) atoms. The minimum Gasteiger partial charge on any atom is -0.387 e. The van der Waals surface area contributed by atoms with E-state index in [1.165, 1.54) is 0 Å². The maximum Gasteiger partial charge on any atom is 0.0917 e. The molecule has 2 heteroatoms. The SMILES string of the molecule is Cc1ccccc1C(O)CNC(C)(C)C. The van der Waals surface area contributed by atoms with Crippen molar-refractivity contribution in [3.05, 3.63) is 35.4 Å². The van der Waals surface area contributed by atoms with Gasteiger partial charge in [0.1, 0.15) is 0 Å². The first-order chi connectivity index (χ1) is 6.90. The van der Waals surface area contributed by atoms with E-state index < -0.39 is 6.10 Å². The Bertz CT molecular complexity index is 315. The Hall–Kier alpha value is -0.860. The lowest BCUT2D eigenvalue weighted by atomic mass is 10.0. The Morgan fingerprint density at radius 1 is 1.27 bits per heavy atom. The number of aryl methyl sites for hydroxylation is 1. The molecule has 0 amide bonds. The minimum absolute atomic E-state index is 0.0453. The second kappa shape index (κ2) is 4.77. The predicted octanol–water partition coefficient (Wildman–Crippen LogP) is 2.42. The molecule has 0 saturated carbocycles. The average Bonchev–Trinajstić information content (AvgIpc) is 2.14. The van der Waals surface area contributed by atoms with Crippen LogP contribution in [0.3, 0.4) is 0 Å². The molecule has 84 valence electrons. The number of β-amino-alcohol motifs (C(OH)–C–C–N with tert-alkyl or cyclic N) is 1.